The number of carbonyl (C=O) groups is 1. The first-order valence-electron chi connectivity index (χ1n) is 10.9. The molecule has 1 heterocycles. The van der Waals surface area contributed by atoms with Gasteiger partial charge in [0.15, 0.2) is 0 Å². The Balaban J connectivity index is 1.43. The van der Waals surface area contributed by atoms with Gasteiger partial charge in [-0.15, -0.1) is 0 Å². The summed E-state index contributed by atoms with van der Waals surface area (Å²) in [5.41, 5.74) is 1.76. The summed E-state index contributed by atoms with van der Waals surface area (Å²) < 4.78 is 33.0. The van der Waals surface area contributed by atoms with Gasteiger partial charge >= 0.3 is 0 Å². The number of ether oxygens (including phenoxy) is 1. The summed E-state index contributed by atoms with van der Waals surface area (Å²) in [6.07, 6.45) is 1.20. The van der Waals surface area contributed by atoms with E-state index in [1.807, 2.05) is 19.1 Å². The smallest absolute Gasteiger partial charge is 0.240 e. The fraction of sp³-hybridized carbons (Fsp3) is 0.435. The summed E-state index contributed by atoms with van der Waals surface area (Å²) >= 11 is 0. The molecule has 1 aliphatic rings. The molecule has 0 bridgehead atoms. The molecule has 0 saturated carbocycles. The number of methoxy groups -OCH3 is 1. The Morgan fingerprint density at radius 3 is 2.25 bits per heavy atom. The summed E-state index contributed by atoms with van der Waals surface area (Å²) in [7, 11) is -1.93. The Labute approximate surface area is 190 Å². The summed E-state index contributed by atoms with van der Waals surface area (Å²) in [5, 5.41) is 2.76. The number of hydrogen-bond donors (Lipinski definition) is 2. The predicted molar refractivity (Wildman–Crippen MR) is 127 cm³/mol. The minimum absolute atomic E-state index is 0.0756. The largest absolute Gasteiger partial charge is 0.497 e. The molecule has 0 spiro atoms. The number of nitrogens with zero attached hydrogens (tertiary/aromatic N) is 2. The van der Waals surface area contributed by atoms with Crippen LogP contribution >= 0.6 is 0 Å². The van der Waals surface area contributed by atoms with Gasteiger partial charge in [-0.2, -0.15) is 0 Å². The number of nitrogens with one attached hydrogen (secondary N) is 2. The van der Waals surface area contributed by atoms with E-state index in [4.69, 9.17) is 4.74 Å². The number of benzene rings is 2. The standard InChI is InChI=1S/C23H32N4O4S/c1-3-4-23(28)25-19-5-11-22(12-6-19)32(29,30)24-13-14-26-15-17-27(18-16-26)20-7-9-21(31-2)10-8-20/h5-12,24H,3-4,13-18H2,1-2H3,(H,25,28). The van der Waals surface area contributed by atoms with Gasteiger partial charge in [-0.1, -0.05) is 6.92 Å². The van der Waals surface area contributed by atoms with Crippen molar-refractivity contribution in [2.24, 2.45) is 0 Å². The molecule has 174 valence electrons. The lowest BCUT2D eigenvalue weighted by Gasteiger charge is -2.36. The topological polar surface area (TPSA) is 91.0 Å². The molecule has 0 unspecified atom stereocenters. The summed E-state index contributed by atoms with van der Waals surface area (Å²) in [5.74, 6) is 0.767. The van der Waals surface area contributed by atoms with Crippen LogP contribution in [-0.2, 0) is 14.8 Å². The molecule has 1 aliphatic heterocycles. The molecule has 1 amide bonds. The van der Waals surface area contributed by atoms with E-state index in [0.29, 0.717) is 25.2 Å². The molecule has 0 aliphatic carbocycles. The number of sulfonamides is 1. The van der Waals surface area contributed by atoms with Crippen molar-refractivity contribution in [3.8, 4) is 5.75 Å². The molecule has 0 aromatic heterocycles. The molecular formula is C23H32N4O4S. The maximum absolute atomic E-state index is 12.6. The highest BCUT2D eigenvalue weighted by atomic mass is 32.2. The number of hydrogen-bond acceptors (Lipinski definition) is 6. The van der Waals surface area contributed by atoms with Crippen LogP contribution in [0.3, 0.4) is 0 Å². The van der Waals surface area contributed by atoms with E-state index in [-0.39, 0.29) is 10.8 Å². The fourth-order valence-corrected chi connectivity index (χ4v) is 4.63. The summed E-state index contributed by atoms with van der Waals surface area (Å²) in [6.45, 7) is 6.47. The first kappa shape index (κ1) is 24.0. The molecule has 2 aromatic rings. The van der Waals surface area contributed by atoms with Crippen molar-refractivity contribution < 1.29 is 17.9 Å². The Hall–Kier alpha value is -2.62. The molecule has 2 N–H and O–H groups in total. The van der Waals surface area contributed by atoms with E-state index < -0.39 is 10.0 Å². The lowest BCUT2D eigenvalue weighted by Crippen LogP contribution is -2.48. The van der Waals surface area contributed by atoms with Crippen LogP contribution < -0.4 is 19.7 Å². The summed E-state index contributed by atoms with van der Waals surface area (Å²) in [6, 6.07) is 14.3. The number of rotatable bonds is 10. The molecule has 8 nitrogen and oxygen atoms in total. The second-order valence-corrected chi connectivity index (χ2v) is 9.51. The summed E-state index contributed by atoms with van der Waals surface area (Å²) in [4.78, 5) is 16.4. The van der Waals surface area contributed by atoms with E-state index in [1.165, 1.54) is 17.8 Å². The molecular weight excluding hydrogens is 428 g/mol. The minimum atomic E-state index is -3.59. The third kappa shape index (κ3) is 6.69. The molecule has 2 aromatic carbocycles. The van der Waals surface area contributed by atoms with Crippen LogP contribution in [0.2, 0.25) is 0 Å². The lowest BCUT2D eigenvalue weighted by molar-refractivity contribution is -0.116. The van der Waals surface area contributed by atoms with Gasteiger partial charge in [0.25, 0.3) is 0 Å². The maximum Gasteiger partial charge on any atom is 0.240 e. The number of amides is 1. The molecule has 1 saturated heterocycles. The molecule has 1 fully saturated rings. The zero-order chi connectivity index (χ0) is 23.0. The first-order chi connectivity index (χ1) is 15.4. The van der Waals surface area contributed by atoms with Gasteiger partial charge in [-0.05, 0) is 55.0 Å². The second-order valence-electron chi connectivity index (χ2n) is 7.75. The zero-order valence-electron chi connectivity index (χ0n) is 18.7. The molecule has 0 radical (unpaired) electrons. The zero-order valence-corrected chi connectivity index (χ0v) is 19.5. The van der Waals surface area contributed by atoms with Crippen molar-refractivity contribution in [2.45, 2.75) is 24.7 Å². The third-order valence-corrected chi connectivity index (χ3v) is 6.93. The van der Waals surface area contributed by atoms with Gasteiger partial charge < -0.3 is 15.0 Å². The van der Waals surface area contributed by atoms with Gasteiger partial charge in [-0.25, -0.2) is 13.1 Å². The van der Waals surface area contributed by atoms with Crippen LogP contribution in [-0.4, -0.2) is 65.6 Å². The predicted octanol–water partition coefficient (Wildman–Crippen LogP) is 2.53. The van der Waals surface area contributed by atoms with Crippen molar-refractivity contribution in [1.82, 2.24) is 9.62 Å². The van der Waals surface area contributed by atoms with Crippen LogP contribution in [0.25, 0.3) is 0 Å². The van der Waals surface area contributed by atoms with E-state index >= 15 is 0 Å². The fourth-order valence-electron chi connectivity index (χ4n) is 3.61. The van der Waals surface area contributed by atoms with E-state index in [1.54, 1.807) is 19.2 Å². The number of piperazine rings is 1. The molecule has 0 atom stereocenters. The lowest BCUT2D eigenvalue weighted by atomic mass is 10.2. The van der Waals surface area contributed by atoms with Crippen LogP contribution in [0.15, 0.2) is 53.4 Å². The van der Waals surface area contributed by atoms with Gasteiger partial charge in [0.05, 0.1) is 12.0 Å². The second kappa shape index (κ2) is 11.3. The van der Waals surface area contributed by atoms with Gasteiger partial charge in [0.1, 0.15) is 5.75 Å². The van der Waals surface area contributed by atoms with Crippen molar-refractivity contribution in [3.05, 3.63) is 48.5 Å². The average molecular weight is 461 g/mol. The SMILES string of the molecule is CCCC(=O)Nc1ccc(S(=O)(=O)NCCN2CCN(c3ccc(OC)cc3)CC2)cc1. The van der Waals surface area contributed by atoms with Crippen LogP contribution in [0, 0.1) is 0 Å². The average Bonchev–Trinajstić information content (AvgIpc) is 2.80. The van der Waals surface area contributed by atoms with Crippen molar-refractivity contribution in [2.75, 3.05) is 56.6 Å². The van der Waals surface area contributed by atoms with E-state index in [2.05, 4.69) is 32.0 Å². The highest BCUT2D eigenvalue weighted by molar-refractivity contribution is 7.89. The Kier molecular flexibility index (Phi) is 8.49. The normalized spacial score (nSPS) is 14.9. The van der Waals surface area contributed by atoms with E-state index in [0.717, 1.165) is 38.3 Å². The molecule has 3 rings (SSSR count). The Morgan fingerprint density at radius 2 is 1.66 bits per heavy atom. The minimum Gasteiger partial charge on any atom is -0.497 e. The first-order valence-corrected chi connectivity index (χ1v) is 12.4. The number of carbonyl (C=O) groups excluding carboxylic acids is 1. The molecule has 9 heteroatoms. The Bertz CT molecular complexity index is 970. The van der Waals surface area contributed by atoms with Gasteiger partial charge in [-0.3, -0.25) is 9.69 Å². The van der Waals surface area contributed by atoms with Crippen molar-refractivity contribution in [1.29, 1.82) is 0 Å². The highest BCUT2D eigenvalue weighted by Gasteiger charge is 2.19. The van der Waals surface area contributed by atoms with E-state index in [9.17, 15) is 13.2 Å². The maximum atomic E-state index is 12.6. The third-order valence-electron chi connectivity index (χ3n) is 5.46. The highest BCUT2D eigenvalue weighted by Crippen LogP contribution is 2.20. The van der Waals surface area contributed by atoms with Crippen LogP contribution in [0.4, 0.5) is 11.4 Å². The Morgan fingerprint density at radius 1 is 1.00 bits per heavy atom. The van der Waals surface area contributed by atoms with Crippen LogP contribution in [0.5, 0.6) is 5.75 Å². The number of anilines is 2. The van der Waals surface area contributed by atoms with Gasteiger partial charge in [0, 0.05) is 57.1 Å². The van der Waals surface area contributed by atoms with Gasteiger partial charge in [0.2, 0.25) is 15.9 Å². The quantitative estimate of drug-likeness (QED) is 0.566. The van der Waals surface area contributed by atoms with Crippen molar-refractivity contribution in [3.63, 3.8) is 0 Å². The monoisotopic (exact) mass is 460 g/mol. The van der Waals surface area contributed by atoms with Crippen molar-refractivity contribution >= 4 is 27.3 Å². The van der Waals surface area contributed by atoms with Crippen LogP contribution in [0.1, 0.15) is 19.8 Å². The molecule has 32 heavy (non-hydrogen) atoms.